The summed E-state index contributed by atoms with van der Waals surface area (Å²) in [5.41, 5.74) is 1.02. The van der Waals surface area contributed by atoms with Gasteiger partial charge in [0.25, 0.3) is 0 Å². The van der Waals surface area contributed by atoms with Crippen LogP contribution in [0.3, 0.4) is 0 Å². The van der Waals surface area contributed by atoms with Crippen LogP contribution in [0, 0.1) is 6.92 Å². The normalized spacial score (nSPS) is 9.67. The van der Waals surface area contributed by atoms with Crippen molar-refractivity contribution in [1.82, 2.24) is 4.98 Å². The Kier molecular flexibility index (Phi) is 1.81. The third-order valence-electron chi connectivity index (χ3n) is 0.984. The van der Waals surface area contributed by atoms with Crippen molar-refractivity contribution in [2.45, 2.75) is 6.92 Å². The molecule has 1 heterocycles. The summed E-state index contributed by atoms with van der Waals surface area (Å²) in [7, 11) is 1.97. The maximum atomic E-state index is 4.13. The molecule has 0 amide bonds. The number of nitrogens with zero attached hydrogens (tertiary/aromatic N) is 2. The number of hydrogen-bond donors (Lipinski definition) is 0. The largest absolute Gasteiger partial charge is 0.234 e. The molecule has 1 rings (SSSR count). The first-order valence-electron chi connectivity index (χ1n) is 2.68. The van der Waals surface area contributed by atoms with E-state index in [1.165, 1.54) is 0 Å². The molecule has 0 aliphatic heterocycles. The molecule has 0 atom stereocenters. The summed E-state index contributed by atoms with van der Waals surface area (Å²) in [6.07, 6.45) is 3.87. The van der Waals surface area contributed by atoms with Gasteiger partial charge in [-0.2, -0.15) is 0 Å². The fourth-order valence-corrected chi connectivity index (χ4v) is 1.33. The molecule has 2 nitrogen and oxygen atoms in total. The molecule has 0 spiro atoms. The highest BCUT2D eigenvalue weighted by molar-refractivity contribution is 9.10. The highest BCUT2D eigenvalue weighted by Gasteiger charge is 1.97. The summed E-state index contributed by atoms with van der Waals surface area (Å²) in [5.74, 6) is 0. The van der Waals surface area contributed by atoms with E-state index in [2.05, 4.69) is 20.9 Å². The first-order chi connectivity index (χ1) is 4.18. The molecule has 0 bridgehead atoms. The van der Waals surface area contributed by atoms with E-state index in [-0.39, 0.29) is 0 Å². The Balaban J connectivity index is 3.17. The van der Waals surface area contributed by atoms with E-state index in [1.54, 1.807) is 0 Å². The van der Waals surface area contributed by atoms with Crippen molar-refractivity contribution in [1.29, 1.82) is 0 Å². The van der Waals surface area contributed by atoms with E-state index in [9.17, 15) is 0 Å². The first-order valence-corrected chi connectivity index (χ1v) is 3.47. The van der Waals surface area contributed by atoms with Crippen LogP contribution in [0.1, 0.15) is 5.69 Å². The van der Waals surface area contributed by atoms with Crippen LogP contribution < -0.4 is 4.57 Å². The Bertz CT molecular complexity index is 172. The summed E-state index contributed by atoms with van der Waals surface area (Å²) in [6, 6.07) is 0. The molecule has 0 aliphatic rings. The van der Waals surface area contributed by atoms with Gasteiger partial charge in [0.2, 0.25) is 6.20 Å². The zero-order valence-corrected chi connectivity index (χ0v) is 7.01. The molecule has 1 aromatic heterocycles. The minimum Gasteiger partial charge on any atom is -0.234 e. The highest BCUT2D eigenvalue weighted by atomic mass is 79.9. The molecule has 0 radical (unpaired) electrons. The summed E-state index contributed by atoms with van der Waals surface area (Å²) in [6.45, 7) is 1.96. The zero-order valence-electron chi connectivity index (χ0n) is 5.43. The molecule has 0 aromatic carbocycles. The highest BCUT2D eigenvalue weighted by Crippen LogP contribution is 2.00. The second kappa shape index (κ2) is 2.43. The van der Waals surface area contributed by atoms with Gasteiger partial charge in [-0.05, 0) is 22.9 Å². The van der Waals surface area contributed by atoms with Crippen LogP contribution in [0.15, 0.2) is 17.0 Å². The first kappa shape index (κ1) is 6.68. The van der Waals surface area contributed by atoms with Gasteiger partial charge in [-0.25, -0.2) is 9.55 Å². The lowest BCUT2D eigenvalue weighted by atomic mass is 10.5. The number of aryl methyl sites for hydroxylation is 2. The Morgan fingerprint density at radius 2 is 2.22 bits per heavy atom. The van der Waals surface area contributed by atoms with Crippen LogP contribution in [0.4, 0.5) is 0 Å². The Morgan fingerprint density at radius 1 is 1.56 bits per heavy atom. The zero-order chi connectivity index (χ0) is 6.85. The van der Waals surface area contributed by atoms with Gasteiger partial charge in [0.05, 0.1) is 0 Å². The van der Waals surface area contributed by atoms with Crippen LogP contribution in [-0.2, 0) is 7.05 Å². The van der Waals surface area contributed by atoms with Gasteiger partial charge >= 0.3 is 0 Å². The van der Waals surface area contributed by atoms with Crippen LogP contribution in [0.5, 0.6) is 0 Å². The lowest BCUT2D eigenvalue weighted by Crippen LogP contribution is -2.27. The molecule has 48 valence electrons. The van der Waals surface area contributed by atoms with Gasteiger partial charge in [-0.15, -0.1) is 0 Å². The predicted molar refractivity (Wildman–Crippen MR) is 37.9 cm³/mol. The summed E-state index contributed by atoms with van der Waals surface area (Å²) < 4.78 is 2.84. The number of halogens is 1. The van der Waals surface area contributed by atoms with E-state index < -0.39 is 0 Å². The monoisotopic (exact) mass is 187 g/mol. The van der Waals surface area contributed by atoms with Crippen LogP contribution in [-0.4, -0.2) is 4.98 Å². The molecule has 0 aliphatic carbocycles. The molecule has 9 heavy (non-hydrogen) atoms. The van der Waals surface area contributed by atoms with Gasteiger partial charge in [0.1, 0.15) is 12.7 Å². The maximum absolute atomic E-state index is 4.13. The molecule has 0 unspecified atom stereocenters. The molecule has 0 N–H and O–H groups in total. The van der Waals surface area contributed by atoms with Gasteiger partial charge in [-0.1, -0.05) is 0 Å². The summed E-state index contributed by atoms with van der Waals surface area (Å²) in [5, 5.41) is 0. The van der Waals surface area contributed by atoms with Crippen molar-refractivity contribution < 1.29 is 4.57 Å². The standard InChI is InChI=1S/C6H8BrN2/c1-5-3-9(2)4-6(7)8-5/h3-4H,1-2H3/q+1. The second-order valence-corrected chi connectivity index (χ2v) is 2.81. The van der Waals surface area contributed by atoms with Crippen molar-refractivity contribution in [3.63, 3.8) is 0 Å². The minimum absolute atomic E-state index is 0.880. The fourth-order valence-electron chi connectivity index (χ4n) is 0.726. The third-order valence-corrected chi connectivity index (χ3v) is 1.37. The predicted octanol–water partition coefficient (Wildman–Crippen LogP) is 0.977. The molecule has 0 fully saturated rings. The third kappa shape index (κ3) is 1.75. The van der Waals surface area contributed by atoms with Gasteiger partial charge < -0.3 is 0 Å². The maximum Gasteiger partial charge on any atom is 0.201 e. The van der Waals surface area contributed by atoms with Gasteiger partial charge in [0, 0.05) is 0 Å². The Hall–Kier alpha value is -0.440. The topological polar surface area (TPSA) is 16.8 Å². The average Bonchev–Trinajstić information content (AvgIpc) is 1.59. The molecule has 3 heteroatoms. The van der Waals surface area contributed by atoms with Crippen LogP contribution in [0.25, 0.3) is 0 Å². The Labute approximate surface area is 62.7 Å². The van der Waals surface area contributed by atoms with Crippen molar-refractivity contribution >= 4 is 15.9 Å². The van der Waals surface area contributed by atoms with Crippen molar-refractivity contribution in [3.05, 3.63) is 22.7 Å². The van der Waals surface area contributed by atoms with Crippen molar-refractivity contribution in [2.75, 3.05) is 0 Å². The molecule has 1 aromatic rings. The number of aromatic nitrogens is 2. The molecular formula is C6H8BrN2+. The van der Waals surface area contributed by atoms with Crippen LogP contribution >= 0.6 is 15.9 Å². The smallest absolute Gasteiger partial charge is 0.201 e. The van der Waals surface area contributed by atoms with Crippen molar-refractivity contribution in [3.8, 4) is 0 Å². The van der Waals surface area contributed by atoms with Gasteiger partial charge in [-0.3, -0.25) is 0 Å². The minimum atomic E-state index is 0.880. The van der Waals surface area contributed by atoms with E-state index in [0.29, 0.717) is 0 Å². The number of hydrogen-bond acceptors (Lipinski definition) is 1. The lowest BCUT2D eigenvalue weighted by Gasteiger charge is -1.89. The molecular weight excluding hydrogens is 180 g/mol. The van der Waals surface area contributed by atoms with Crippen LogP contribution in [0.2, 0.25) is 0 Å². The van der Waals surface area contributed by atoms with E-state index in [4.69, 9.17) is 0 Å². The van der Waals surface area contributed by atoms with E-state index in [1.807, 2.05) is 30.9 Å². The lowest BCUT2D eigenvalue weighted by molar-refractivity contribution is -0.673. The number of rotatable bonds is 0. The second-order valence-electron chi connectivity index (χ2n) is 2.00. The molecule has 0 saturated carbocycles. The summed E-state index contributed by atoms with van der Waals surface area (Å²) >= 11 is 3.28. The SMILES string of the molecule is Cc1c[n+](C)cc(Br)n1. The van der Waals surface area contributed by atoms with Gasteiger partial charge in [0.15, 0.2) is 10.8 Å². The summed E-state index contributed by atoms with van der Waals surface area (Å²) in [4.78, 5) is 4.13. The Morgan fingerprint density at radius 3 is 2.67 bits per heavy atom. The van der Waals surface area contributed by atoms with E-state index >= 15 is 0 Å². The average molecular weight is 188 g/mol. The molecule has 0 saturated heterocycles. The van der Waals surface area contributed by atoms with Crippen molar-refractivity contribution in [2.24, 2.45) is 7.05 Å². The van der Waals surface area contributed by atoms with E-state index in [0.717, 1.165) is 10.3 Å². The fraction of sp³-hybridized carbons (Fsp3) is 0.333. The quantitative estimate of drug-likeness (QED) is 0.554.